The molecule has 0 radical (unpaired) electrons. The predicted molar refractivity (Wildman–Crippen MR) is 97.3 cm³/mol. The fraction of sp³-hybridized carbons (Fsp3) is 0.412. The Balaban J connectivity index is 1.81. The van der Waals surface area contributed by atoms with Crippen LogP contribution in [0.15, 0.2) is 30.3 Å². The minimum atomic E-state index is 0.287. The average Bonchev–Trinajstić information content (AvgIpc) is 2.88. The summed E-state index contributed by atoms with van der Waals surface area (Å²) in [6, 6.07) is 11.4. The summed E-state index contributed by atoms with van der Waals surface area (Å²) in [6.45, 7) is 2.23. The highest BCUT2D eigenvalue weighted by atomic mass is 127. The largest absolute Gasteiger partial charge is 0.496 e. The summed E-state index contributed by atoms with van der Waals surface area (Å²) in [5, 5.41) is 3.80. The predicted octanol–water partition coefficient (Wildman–Crippen LogP) is 5.09. The normalized spacial score (nSPS) is 19.1. The number of ether oxygens (including phenoxy) is 1. The fourth-order valence-corrected chi connectivity index (χ4v) is 5.23. The second-order valence-electron chi connectivity index (χ2n) is 5.50. The number of benzene rings is 1. The first-order chi connectivity index (χ1) is 10.2. The minimum Gasteiger partial charge on any atom is -0.496 e. The lowest BCUT2D eigenvalue weighted by Gasteiger charge is -2.28. The van der Waals surface area contributed by atoms with Crippen LogP contribution < -0.4 is 10.1 Å². The molecule has 0 bridgehead atoms. The Morgan fingerprint density at radius 3 is 3.00 bits per heavy atom. The Morgan fingerprint density at radius 2 is 2.19 bits per heavy atom. The monoisotopic (exact) mass is 413 g/mol. The van der Waals surface area contributed by atoms with Gasteiger partial charge in [0.1, 0.15) is 5.75 Å². The molecule has 0 fully saturated rings. The van der Waals surface area contributed by atoms with Gasteiger partial charge in [0.05, 0.1) is 9.99 Å². The highest BCUT2D eigenvalue weighted by molar-refractivity contribution is 14.1. The SMILES string of the molecule is COc1ccccc1[C@H](C)NC1CCCc2sc(I)cc21. The van der Waals surface area contributed by atoms with Gasteiger partial charge >= 0.3 is 0 Å². The standard InChI is InChI=1S/C17H20INOS/c1-11(12-6-3-4-8-15(12)20-2)19-14-7-5-9-16-13(14)10-17(18)21-16/h3-4,6,8,10-11,14,19H,5,7,9H2,1-2H3/t11-,14?/m0/s1. The van der Waals surface area contributed by atoms with Crippen LogP contribution in [0.3, 0.4) is 0 Å². The molecule has 1 aromatic heterocycles. The van der Waals surface area contributed by atoms with Crippen molar-refractivity contribution >= 4 is 33.9 Å². The number of thiophene rings is 1. The maximum Gasteiger partial charge on any atom is 0.123 e. The molecule has 4 heteroatoms. The molecule has 0 saturated carbocycles. The van der Waals surface area contributed by atoms with E-state index in [0.29, 0.717) is 6.04 Å². The van der Waals surface area contributed by atoms with Gasteiger partial charge in [0.2, 0.25) is 0 Å². The molecular formula is C17H20INOS. The van der Waals surface area contributed by atoms with Crippen LogP contribution in [-0.2, 0) is 6.42 Å². The van der Waals surface area contributed by atoms with Gasteiger partial charge in [-0.05, 0) is 66.5 Å². The Bertz CT molecular complexity index is 625. The summed E-state index contributed by atoms with van der Waals surface area (Å²) < 4.78 is 6.89. The molecule has 2 nitrogen and oxygen atoms in total. The van der Waals surface area contributed by atoms with Crippen molar-refractivity contribution in [3.05, 3.63) is 49.2 Å². The van der Waals surface area contributed by atoms with Crippen LogP contribution >= 0.6 is 33.9 Å². The topological polar surface area (TPSA) is 21.3 Å². The first kappa shape index (κ1) is 15.3. The number of fused-ring (bicyclic) bond motifs is 1. The van der Waals surface area contributed by atoms with E-state index in [1.807, 2.05) is 23.5 Å². The Labute approximate surface area is 144 Å². The van der Waals surface area contributed by atoms with Crippen molar-refractivity contribution in [1.82, 2.24) is 5.32 Å². The molecule has 112 valence electrons. The molecule has 1 unspecified atom stereocenters. The lowest BCUT2D eigenvalue weighted by Crippen LogP contribution is -2.27. The second-order valence-corrected chi connectivity index (χ2v) is 8.54. The van der Waals surface area contributed by atoms with E-state index in [9.17, 15) is 0 Å². The van der Waals surface area contributed by atoms with E-state index in [2.05, 4.69) is 53.0 Å². The van der Waals surface area contributed by atoms with Gasteiger partial charge in [0.15, 0.2) is 0 Å². The molecule has 0 saturated heterocycles. The number of halogens is 1. The van der Waals surface area contributed by atoms with Gasteiger partial charge in [-0.25, -0.2) is 0 Å². The van der Waals surface area contributed by atoms with E-state index in [0.717, 1.165) is 5.75 Å². The molecule has 2 atom stereocenters. The first-order valence-electron chi connectivity index (χ1n) is 7.36. The van der Waals surface area contributed by atoms with Crippen molar-refractivity contribution in [2.75, 3.05) is 7.11 Å². The van der Waals surface area contributed by atoms with Gasteiger partial charge in [0.25, 0.3) is 0 Å². The van der Waals surface area contributed by atoms with Crippen molar-refractivity contribution in [2.24, 2.45) is 0 Å². The molecule has 3 rings (SSSR count). The summed E-state index contributed by atoms with van der Waals surface area (Å²) in [7, 11) is 1.74. The Morgan fingerprint density at radius 1 is 1.38 bits per heavy atom. The highest BCUT2D eigenvalue weighted by Gasteiger charge is 2.24. The third-order valence-electron chi connectivity index (χ3n) is 4.14. The van der Waals surface area contributed by atoms with Gasteiger partial charge in [-0.15, -0.1) is 11.3 Å². The lowest BCUT2D eigenvalue weighted by atomic mass is 9.92. The number of hydrogen-bond donors (Lipinski definition) is 1. The number of hydrogen-bond acceptors (Lipinski definition) is 3. The third kappa shape index (κ3) is 3.27. The maximum atomic E-state index is 5.49. The molecule has 21 heavy (non-hydrogen) atoms. The average molecular weight is 413 g/mol. The van der Waals surface area contributed by atoms with Crippen molar-refractivity contribution in [2.45, 2.75) is 38.3 Å². The van der Waals surface area contributed by atoms with E-state index >= 15 is 0 Å². The van der Waals surface area contributed by atoms with E-state index < -0.39 is 0 Å². The third-order valence-corrected chi connectivity index (χ3v) is 6.11. The number of rotatable bonds is 4. The van der Waals surface area contributed by atoms with E-state index in [1.165, 1.54) is 33.3 Å². The van der Waals surface area contributed by atoms with Crippen LogP contribution in [0.4, 0.5) is 0 Å². The fourth-order valence-electron chi connectivity index (χ4n) is 3.11. The number of nitrogens with one attached hydrogen (secondary N) is 1. The maximum absolute atomic E-state index is 5.49. The number of aryl methyl sites for hydroxylation is 1. The zero-order valence-electron chi connectivity index (χ0n) is 12.4. The Kier molecular flexibility index (Phi) is 4.86. The van der Waals surface area contributed by atoms with Gasteiger partial charge in [-0.2, -0.15) is 0 Å². The van der Waals surface area contributed by atoms with Gasteiger partial charge in [0, 0.05) is 22.5 Å². The van der Waals surface area contributed by atoms with Crippen LogP contribution in [0.1, 0.15) is 47.9 Å². The molecule has 2 aromatic rings. The zero-order chi connectivity index (χ0) is 14.8. The molecule has 0 amide bonds. The summed E-state index contributed by atoms with van der Waals surface area (Å²) >= 11 is 4.38. The molecule has 1 aromatic carbocycles. The summed E-state index contributed by atoms with van der Waals surface area (Å²) in [6.07, 6.45) is 3.74. The van der Waals surface area contributed by atoms with Crippen LogP contribution in [0.25, 0.3) is 0 Å². The number of methoxy groups -OCH3 is 1. The van der Waals surface area contributed by atoms with Crippen molar-refractivity contribution in [3.63, 3.8) is 0 Å². The van der Waals surface area contributed by atoms with Gasteiger partial charge < -0.3 is 10.1 Å². The van der Waals surface area contributed by atoms with Gasteiger partial charge in [-0.1, -0.05) is 18.2 Å². The summed E-state index contributed by atoms with van der Waals surface area (Å²) in [4.78, 5) is 1.57. The zero-order valence-corrected chi connectivity index (χ0v) is 15.3. The molecule has 1 heterocycles. The van der Waals surface area contributed by atoms with Crippen LogP contribution in [0.5, 0.6) is 5.75 Å². The number of para-hydroxylation sites is 1. The van der Waals surface area contributed by atoms with Crippen LogP contribution in [0, 0.1) is 2.88 Å². The molecular weight excluding hydrogens is 393 g/mol. The van der Waals surface area contributed by atoms with Crippen LogP contribution in [-0.4, -0.2) is 7.11 Å². The molecule has 1 N–H and O–H groups in total. The molecule has 0 spiro atoms. The molecule has 1 aliphatic carbocycles. The second kappa shape index (κ2) is 6.67. The minimum absolute atomic E-state index is 0.287. The highest BCUT2D eigenvalue weighted by Crippen LogP contribution is 2.38. The Hall–Kier alpha value is -0.590. The van der Waals surface area contributed by atoms with Crippen LogP contribution in [0.2, 0.25) is 0 Å². The first-order valence-corrected chi connectivity index (χ1v) is 9.25. The van der Waals surface area contributed by atoms with Crippen molar-refractivity contribution in [3.8, 4) is 5.75 Å². The van der Waals surface area contributed by atoms with Gasteiger partial charge in [-0.3, -0.25) is 0 Å². The quantitative estimate of drug-likeness (QED) is 0.706. The smallest absolute Gasteiger partial charge is 0.123 e. The summed E-state index contributed by atoms with van der Waals surface area (Å²) in [5.74, 6) is 0.966. The van der Waals surface area contributed by atoms with Crippen molar-refractivity contribution in [1.29, 1.82) is 0 Å². The van der Waals surface area contributed by atoms with Crippen molar-refractivity contribution < 1.29 is 4.74 Å². The lowest BCUT2D eigenvalue weighted by molar-refractivity contribution is 0.383. The molecule has 1 aliphatic rings. The van der Waals surface area contributed by atoms with E-state index in [1.54, 1.807) is 12.0 Å². The molecule has 0 aliphatic heterocycles. The van der Waals surface area contributed by atoms with E-state index in [4.69, 9.17) is 4.74 Å². The summed E-state index contributed by atoms with van der Waals surface area (Å²) in [5.41, 5.74) is 2.74. The van der Waals surface area contributed by atoms with E-state index in [-0.39, 0.29) is 6.04 Å².